The normalized spacial score (nSPS) is 24.6. The van der Waals surface area contributed by atoms with E-state index in [4.69, 9.17) is 0 Å². The summed E-state index contributed by atoms with van der Waals surface area (Å²) in [6, 6.07) is 0.775. The lowest BCUT2D eigenvalue weighted by Crippen LogP contribution is -2.47. The molecule has 0 aromatic heterocycles. The highest BCUT2D eigenvalue weighted by atomic mass is 79.9. The molecule has 0 bridgehead atoms. The average Bonchev–Trinajstić information content (AvgIpc) is 2.65. The highest BCUT2D eigenvalue weighted by Gasteiger charge is 2.28. The van der Waals surface area contributed by atoms with Gasteiger partial charge in [0, 0.05) is 25.7 Å². The van der Waals surface area contributed by atoms with Gasteiger partial charge in [0.1, 0.15) is 0 Å². The molecule has 0 saturated carbocycles. The zero-order chi connectivity index (χ0) is 17.6. The van der Waals surface area contributed by atoms with Gasteiger partial charge in [-0.15, -0.1) is 0 Å². The van der Waals surface area contributed by atoms with Gasteiger partial charge in [0.15, 0.2) is 0 Å². The van der Waals surface area contributed by atoms with Crippen molar-refractivity contribution in [1.29, 1.82) is 0 Å². The third-order valence-electron chi connectivity index (χ3n) is 5.81. The molecular weight excluding hydrogens is 372 g/mol. The Bertz CT molecular complexity index is 604. The summed E-state index contributed by atoms with van der Waals surface area (Å²) >= 11 is 3.68. The molecule has 0 N–H and O–H groups in total. The summed E-state index contributed by atoms with van der Waals surface area (Å²) in [4.78, 5) is 5.37. The number of hydrogen-bond donors (Lipinski definition) is 0. The van der Waals surface area contributed by atoms with E-state index < -0.39 is 0 Å². The Morgan fingerprint density at radius 3 is 2.76 bits per heavy atom. The van der Waals surface area contributed by atoms with E-state index in [0.717, 1.165) is 12.6 Å². The van der Waals surface area contributed by atoms with Crippen molar-refractivity contribution in [1.82, 2.24) is 9.80 Å². The molecule has 0 spiro atoms. The lowest BCUT2D eigenvalue weighted by molar-refractivity contribution is 0.116. The minimum atomic E-state index is 0.775. The molecule has 2 nitrogen and oxygen atoms in total. The van der Waals surface area contributed by atoms with E-state index in [1.54, 1.807) is 11.1 Å². The summed E-state index contributed by atoms with van der Waals surface area (Å²) in [5.74, 6) is 0. The van der Waals surface area contributed by atoms with E-state index in [-0.39, 0.29) is 0 Å². The first-order valence-electron chi connectivity index (χ1n) is 9.67. The summed E-state index contributed by atoms with van der Waals surface area (Å²) in [6.45, 7) is 11.9. The van der Waals surface area contributed by atoms with E-state index in [1.165, 1.54) is 68.3 Å². The number of halogens is 1. The van der Waals surface area contributed by atoms with Crippen LogP contribution in [-0.4, -0.2) is 48.6 Å². The van der Waals surface area contributed by atoms with Gasteiger partial charge in [-0.2, -0.15) is 0 Å². The second-order valence-corrected chi connectivity index (χ2v) is 8.42. The Balaban J connectivity index is 1.50. The minimum absolute atomic E-state index is 0.775. The van der Waals surface area contributed by atoms with Gasteiger partial charge in [-0.1, -0.05) is 52.4 Å². The van der Waals surface area contributed by atoms with Gasteiger partial charge in [-0.05, 0) is 73.8 Å². The SMILES string of the molecule is C=C/C=C\C(=C/C)CN1CCC(N2CCC3=C(CCC(Br)=C3)C2)CC1. The van der Waals surface area contributed by atoms with Crippen LogP contribution < -0.4 is 0 Å². The number of piperidine rings is 1. The molecule has 1 fully saturated rings. The van der Waals surface area contributed by atoms with Gasteiger partial charge in [0.05, 0.1) is 0 Å². The molecule has 3 rings (SSSR count). The lowest BCUT2D eigenvalue weighted by Gasteiger charge is -2.41. The lowest BCUT2D eigenvalue weighted by atomic mass is 9.90. The molecule has 0 radical (unpaired) electrons. The Labute approximate surface area is 161 Å². The Hall–Kier alpha value is -0.900. The zero-order valence-electron chi connectivity index (χ0n) is 15.5. The average molecular weight is 403 g/mol. The van der Waals surface area contributed by atoms with Crippen LogP contribution in [-0.2, 0) is 0 Å². The molecule has 136 valence electrons. The fourth-order valence-electron chi connectivity index (χ4n) is 4.26. The fourth-order valence-corrected chi connectivity index (χ4v) is 4.73. The van der Waals surface area contributed by atoms with E-state index in [0.29, 0.717) is 0 Å². The summed E-state index contributed by atoms with van der Waals surface area (Å²) in [5, 5.41) is 0. The number of likely N-dealkylation sites (tertiary alicyclic amines) is 1. The Morgan fingerprint density at radius 2 is 2.04 bits per heavy atom. The Kier molecular flexibility index (Phi) is 6.92. The molecule has 3 heteroatoms. The van der Waals surface area contributed by atoms with Gasteiger partial charge >= 0.3 is 0 Å². The highest BCUT2D eigenvalue weighted by molar-refractivity contribution is 9.11. The smallest absolute Gasteiger partial charge is 0.0230 e. The fraction of sp³-hybridized carbons (Fsp3) is 0.545. The van der Waals surface area contributed by atoms with Gasteiger partial charge in [0.2, 0.25) is 0 Å². The topological polar surface area (TPSA) is 6.48 Å². The van der Waals surface area contributed by atoms with Crippen molar-refractivity contribution in [2.24, 2.45) is 0 Å². The third kappa shape index (κ3) is 5.06. The van der Waals surface area contributed by atoms with E-state index in [2.05, 4.69) is 57.5 Å². The van der Waals surface area contributed by atoms with Crippen LogP contribution in [0.2, 0.25) is 0 Å². The molecule has 25 heavy (non-hydrogen) atoms. The Morgan fingerprint density at radius 1 is 1.24 bits per heavy atom. The van der Waals surface area contributed by atoms with Gasteiger partial charge in [-0.3, -0.25) is 9.80 Å². The van der Waals surface area contributed by atoms with Gasteiger partial charge in [0.25, 0.3) is 0 Å². The van der Waals surface area contributed by atoms with Crippen LogP contribution >= 0.6 is 15.9 Å². The van der Waals surface area contributed by atoms with E-state index in [1.807, 2.05) is 12.2 Å². The number of rotatable bonds is 5. The van der Waals surface area contributed by atoms with Crippen molar-refractivity contribution in [3.8, 4) is 0 Å². The molecule has 2 heterocycles. The summed E-state index contributed by atoms with van der Waals surface area (Å²) in [5.41, 5.74) is 4.70. The molecule has 2 aliphatic heterocycles. The summed E-state index contributed by atoms with van der Waals surface area (Å²) < 4.78 is 1.39. The molecule has 0 aromatic carbocycles. The molecule has 0 amide bonds. The maximum Gasteiger partial charge on any atom is 0.0230 e. The quantitative estimate of drug-likeness (QED) is 0.581. The van der Waals surface area contributed by atoms with Crippen molar-refractivity contribution < 1.29 is 0 Å². The first kappa shape index (κ1) is 18.9. The first-order valence-corrected chi connectivity index (χ1v) is 10.5. The third-order valence-corrected chi connectivity index (χ3v) is 6.44. The second kappa shape index (κ2) is 9.16. The first-order chi connectivity index (χ1) is 12.2. The second-order valence-electron chi connectivity index (χ2n) is 7.41. The van der Waals surface area contributed by atoms with Crippen LogP contribution in [0.25, 0.3) is 0 Å². The van der Waals surface area contributed by atoms with Crippen molar-refractivity contribution in [3.05, 3.63) is 58.2 Å². The molecule has 1 saturated heterocycles. The summed E-state index contributed by atoms with van der Waals surface area (Å²) in [6.07, 6.45) is 17.0. The van der Waals surface area contributed by atoms with Crippen molar-refractivity contribution in [2.45, 2.75) is 45.1 Å². The van der Waals surface area contributed by atoms with Crippen LogP contribution in [0.4, 0.5) is 0 Å². The molecule has 0 atom stereocenters. The number of nitrogens with zero attached hydrogens (tertiary/aromatic N) is 2. The monoisotopic (exact) mass is 402 g/mol. The van der Waals surface area contributed by atoms with Crippen LogP contribution in [0.3, 0.4) is 0 Å². The van der Waals surface area contributed by atoms with Gasteiger partial charge < -0.3 is 0 Å². The molecular formula is C22H31BrN2. The molecule has 0 aromatic rings. The molecule has 0 unspecified atom stereocenters. The van der Waals surface area contributed by atoms with Crippen molar-refractivity contribution >= 4 is 15.9 Å². The minimum Gasteiger partial charge on any atom is -0.299 e. The zero-order valence-corrected chi connectivity index (χ0v) is 17.1. The number of hydrogen-bond acceptors (Lipinski definition) is 2. The largest absolute Gasteiger partial charge is 0.299 e. The van der Waals surface area contributed by atoms with Crippen molar-refractivity contribution in [2.75, 3.05) is 32.7 Å². The van der Waals surface area contributed by atoms with Crippen molar-refractivity contribution in [3.63, 3.8) is 0 Å². The maximum atomic E-state index is 3.77. The van der Waals surface area contributed by atoms with Crippen LogP contribution in [0, 0.1) is 0 Å². The number of allylic oxidation sites excluding steroid dienone is 5. The van der Waals surface area contributed by atoms with Gasteiger partial charge in [-0.25, -0.2) is 0 Å². The predicted molar refractivity (Wildman–Crippen MR) is 112 cm³/mol. The maximum absolute atomic E-state index is 3.77. The highest BCUT2D eigenvalue weighted by Crippen LogP contribution is 2.34. The molecule has 3 aliphatic rings. The van der Waals surface area contributed by atoms with E-state index in [9.17, 15) is 0 Å². The van der Waals surface area contributed by atoms with Crippen LogP contribution in [0.5, 0.6) is 0 Å². The predicted octanol–water partition coefficient (Wildman–Crippen LogP) is 5.21. The van der Waals surface area contributed by atoms with E-state index >= 15 is 0 Å². The van der Waals surface area contributed by atoms with Crippen LogP contribution in [0.1, 0.15) is 39.0 Å². The van der Waals surface area contributed by atoms with Crippen LogP contribution in [0.15, 0.2) is 58.2 Å². The molecule has 1 aliphatic carbocycles. The standard InChI is InChI=1S/C22H31BrN2/c1-3-5-6-18(4-2)16-24-12-10-22(11-13-24)25-14-9-19-15-21(23)8-7-20(19)17-25/h3-6,15,22H,1,7-14,16-17H2,2H3/b6-5-,18-4+. The summed E-state index contributed by atoms with van der Waals surface area (Å²) in [7, 11) is 0.